The topological polar surface area (TPSA) is 0 Å². The van der Waals surface area contributed by atoms with Crippen molar-refractivity contribution < 1.29 is 0 Å². The predicted octanol–water partition coefficient (Wildman–Crippen LogP) is 15.5. The smallest absolute Gasteiger partial charge is 0.0622 e. The summed E-state index contributed by atoms with van der Waals surface area (Å²) in [7, 11) is 0. The minimum Gasteiger partial charge on any atom is -0.0622 e. The third-order valence-electron chi connectivity index (χ3n) is 12.3. The first kappa shape index (κ1) is 34.7. The van der Waals surface area contributed by atoms with Crippen LogP contribution in [0.1, 0.15) is 22.3 Å². The molecule has 0 heterocycles. The van der Waals surface area contributed by atoms with Gasteiger partial charge in [0.05, 0.1) is 5.41 Å². The van der Waals surface area contributed by atoms with Gasteiger partial charge in [0.15, 0.2) is 0 Å². The van der Waals surface area contributed by atoms with Gasteiger partial charge >= 0.3 is 0 Å². The second-order valence-electron chi connectivity index (χ2n) is 15.6. The minimum absolute atomic E-state index is 0.578. The summed E-state index contributed by atoms with van der Waals surface area (Å²) in [4.78, 5) is 0. The SMILES string of the molecule is c1ccc(-c2ccc(-c3ccc4c(c3)C(c3ccccc3)(c3ccccc3)c3cc(-c5cc(-c6ccccc6)cc(-c6ccccc6)c5)c5ccccc5c3-4)cc2)cc1. The average molecular weight is 749 g/mol. The van der Waals surface area contributed by atoms with E-state index >= 15 is 0 Å². The van der Waals surface area contributed by atoms with Gasteiger partial charge in [0.25, 0.3) is 0 Å². The van der Waals surface area contributed by atoms with Gasteiger partial charge in [0, 0.05) is 0 Å². The normalized spacial score (nSPS) is 12.5. The highest BCUT2D eigenvalue weighted by molar-refractivity contribution is 6.10. The Morgan fingerprint density at radius 2 is 0.610 bits per heavy atom. The van der Waals surface area contributed by atoms with Gasteiger partial charge in [-0.05, 0) is 130 Å². The molecule has 0 aliphatic heterocycles. The van der Waals surface area contributed by atoms with E-state index in [1.165, 1.54) is 99.8 Å². The van der Waals surface area contributed by atoms with Gasteiger partial charge in [-0.15, -0.1) is 0 Å². The summed E-state index contributed by atoms with van der Waals surface area (Å²) in [5.41, 5.74) is 19.2. The van der Waals surface area contributed by atoms with Crippen molar-refractivity contribution in [3.8, 4) is 66.8 Å². The first-order chi connectivity index (χ1) is 29.3. The molecule has 0 radical (unpaired) electrons. The summed E-state index contributed by atoms with van der Waals surface area (Å²) >= 11 is 0. The lowest BCUT2D eigenvalue weighted by molar-refractivity contribution is 0.769. The molecule has 10 aromatic carbocycles. The molecule has 59 heavy (non-hydrogen) atoms. The summed E-state index contributed by atoms with van der Waals surface area (Å²) in [6, 6.07) is 89.5. The fraction of sp³-hybridized carbons (Fsp3) is 0.0169. The van der Waals surface area contributed by atoms with Gasteiger partial charge in [-0.25, -0.2) is 0 Å². The molecule has 0 bridgehead atoms. The van der Waals surface area contributed by atoms with E-state index < -0.39 is 5.41 Å². The van der Waals surface area contributed by atoms with Crippen molar-refractivity contribution in [3.05, 3.63) is 265 Å². The Hall–Kier alpha value is -7.54. The van der Waals surface area contributed by atoms with Crippen LogP contribution in [-0.4, -0.2) is 0 Å². The lowest BCUT2D eigenvalue weighted by Crippen LogP contribution is -2.28. The molecule has 0 N–H and O–H groups in total. The Balaban J connectivity index is 1.20. The zero-order valence-corrected chi connectivity index (χ0v) is 32.6. The van der Waals surface area contributed by atoms with Gasteiger partial charge in [0.2, 0.25) is 0 Å². The summed E-state index contributed by atoms with van der Waals surface area (Å²) in [6.07, 6.45) is 0. The van der Waals surface area contributed by atoms with E-state index in [1.54, 1.807) is 0 Å². The fourth-order valence-electron chi connectivity index (χ4n) is 9.63. The zero-order chi connectivity index (χ0) is 39.2. The highest BCUT2D eigenvalue weighted by atomic mass is 14.5. The maximum atomic E-state index is 2.53. The monoisotopic (exact) mass is 748 g/mol. The Bertz CT molecular complexity index is 3000. The molecule has 0 amide bonds. The highest BCUT2D eigenvalue weighted by Gasteiger charge is 2.47. The van der Waals surface area contributed by atoms with E-state index in [1.807, 2.05) is 0 Å². The Morgan fingerprint density at radius 3 is 1.14 bits per heavy atom. The summed E-state index contributed by atoms with van der Waals surface area (Å²) in [5, 5.41) is 2.51. The first-order valence-corrected chi connectivity index (χ1v) is 20.5. The number of hydrogen-bond donors (Lipinski definition) is 0. The van der Waals surface area contributed by atoms with Gasteiger partial charge in [-0.3, -0.25) is 0 Å². The molecule has 11 rings (SSSR count). The van der Waals surface area contributed by atoms with Crippen LogP contribution in [-0.2, 0) is 5.41 Å². The molecule has 0 heteroatoms. The van der Waals surface area contributed by atoms with Crippen LogP contribution in [0.15, 0.2) is 243 Å². The van der Waals surface area contributed by atoms with E-state index in [9.17, 15) is 0 Å². The van der Waals surface area contributed by atoms with Crippen LogP contribution in [0.25, 0.3) is 77.5 Å². The molecule has 10 aromatic rings. The second kappa shape index (κ2) is 14.4. The molecular formula is C59H40. The number of fused-ring (bicyclic) bond motifs is 5. The number of rotatable bonds is 7. The first-order valence-electron chi connectivity index (χ1n) is 20.5. The van der Waals surface area contributed by atoms with E-state index in [0.29, 0.717) is 0 Å². The van der Waals surface area contributed by atoms with Gasteiger partial charge < -0.3 is 0 Å². The lowest BCUT2D eigenvalue weighted by Gasteiger charge is -2.34. The standard InChI is InChI=1S/C59H40/c1-6-18-41(19-7-1)44-30-32-45(33-31-44)46-34-35-54-56(39-46)59(50-24-12-4-13-25-50,51-26-14-5-15-27-51)57-40-55(52-28-16-17-29-53(52)58(54)57)49-37-47(42-20-8-2-9-21-42)36-48(38-49)43-22-10-3-11-23-43/h1-40H. The van der Waals surface area contributed by atoms with Gasteiger partial charge in [0.1, 0.15) is 0 Å². The third-order valence-corrected chi connectivity index (χ3v) is 12.3. The van der Waals surface area contributed by atoms with Crippen molar-refractivity contribution in [2.75, 3.05) is 0 Å². The molecule has 0 saturated heterocycles. The fourth-order valence-corrected chi connectivity index (χ4v) is 9.63. The van der Waals surface area contributed by atoms with Crippen molar-refractivity contribution in [1.29, 1.82) is 0 Å². The van der Waals surface area contributed by atoms with Crippen LogP contribution in [0.4, 0.5) is 0 Å². The molecule has 0 fully saturated rings. The van der Waals surface area contributed by atoms with Crippen molar-refractivity contribution in [2.45, 2.75) is 5.41 Å². The van der Waals surface area contributed by atoms with Crippen molar-refractivity contribution in [3.63, 3.8) is 0 Å². The lowest BCUT2D eigenvalue weighted by atomic mass is 9.67. The Kier molecular flexibility index (Phi) is 8.49. The molecule has 0 saturated carbocycles. The van der Waals surface area contributed by atoms with Crippen LogP contribution in [0.5, 0.6) is 0 Å². The van der Waals surface area contributed by atoms with Crippen molar-refractivity contribution >= 4 is 10.8 Å². The molecule has 0 atom stereocenters. The molecular weight excluding hydrogens is 709 g/mol. The minimum atomic E-state index is -0.578. The third kappa shape index (κ3) is 5.84. The van der Waals surface area contributed by atoms with Gasteiger partial charge in [-0.2, -0.15) is 0 Å². The van der Waals surface area contributed by atoms with Crippen molar-refractivity contribution in [1.82, 2.24) is 0 Å². The van der Waals surface area contributed by atoms with E-state index in [2.05, 4.69) is 243 Å². The van der Waals surface area contributed by atoms with E-state index in [4.69, 9.17) is 0 Å². The Morgan fingerprint density at radius 1 is 0.220 bits per heavy atom. The van der Waals surface area contributed by atoms with Crippen molar-refractivity contribution in [2.24, 2.45) is 0 Å². The molecule has 0 unspecified atom stereocenters. The van der Waals surface area contributed by atoms with Crippen LogP contribution in [0, 0.1) is 0 Å². The predicted molar refractivity (Wildman–Crippen MR) is 248 cm³/mol. The van der Waals surface area contributed by atoms with E-state index in [0.717, 1.165) is 0 Å². The quantitative estimate of drug-likeness (QED) is 0.152. The second-order valence-corrected chi connectivity index (χ2v) is 15.6. The van der Waals surface area contributed by atoms with Gasteiger partial charge in [-0.1, -0.05) is 212 Å². The van der Waals surface area contributed by atoms with E-state index in [-0.39, 0.29) is 0 Å². The zero-order valence-electron chi connectivity index (χ0n) is 32.6. The Labute approximate surface area is 346 Å². The molecule has 1 aliphatic rings. The number of benzene rings is 10. The largest absolute Gasteiger partial charge is 0.0714 e. The van der Waals surface area contributed by atoms with Crippen LogP contribution < -0.4 is 0 Å². The summed E-state index contributed by atoms with van der Waals surface area (Å²) in [6.45, 7) is 0. The summed E-state index contributed by atoms with van der Waals surface area (Å²) < 4.78 is 0. The molecule has 1 aliphatic carbocycles. The maximum Gasteiger partial charge on any atom is 0.0714 e. The highest BCUT2D eigenvalue weighted by Crippen LogP contribution is 2.59. The molecule has 276 valence electrons. The molecule has 0 nitrogen and oxygen atoms in total. The molecule has 0 aromatic heterocycles. The molecule has 0 spiro atoms. The van der Waals surface area contributed by atoms with Crippen LogP contribution in [0.3, 0.4) is 0 Å². The van der Waals surface area contributed by atoms with Crippen LogP contribution >= 0.6 is 0 Å². The average Bonchev–Trinajstić information content (AvgIpc) is 3.63. The maximum absolute atomic E-state index is 2.53. The summed E-state index contributed by atoms with van der Waals surface area (Å²) in [5.74, 6) is 0. The van der Waals surface area contributed by atoms with Crippen LogP contribution in [0.2, 0.25) is 0 Å². The number of hydrogen-bond acceptors (Lipinski definition) is 0.